The van der Waals surface area contributed by atoms with E-state index in [1.54, 1.807) is 0 Å². The number of anilines is 1. The van der Waals surface area contributed by atoms with Crippen LogP contribution in [0.5, 0.6) is 0 Å². The van der Waals surface area contributed by atoms with Gasteiger partial charge in [0.2, 0.25) is 0 Å². The Kier molecular flexibility index (Phi) is 4.43. The SMILES string of the molecule is Cc1noc(-c2cccnc2N2CCN(Cc3ccccc3)CC2)n1. The first-order valence-electron chi connectivity index (χ1n) is 8.56. The molecule has 0 saturated carbocycles. The number of rotatable bonds is 4. The fourth-order valence-corrected chi connectivity index (χ4v) is 3.18. The molecule has 25 heavy (non-hydrogen) atoms. The minimum atomic E-state index is 0.535. The molecule has 0 unspecified atom stereocenters. The number of hydrogen-bond donors (Lipinski definition) is 0. The summed E-state index contributed by atoms with van der Waals surface area (Å²) in [6.45, 7) is 6.70. The van der Waals surface area contributed by atoms with Crippen LogP contribution in [0.1, 0.15) is 11.4 Å². The molecule has 128 valence electrons. The Morgan fingerprint density at radius 2 is 1.80 bits per heavy atom. The van der Waals surface area contributed by atoms with E-state index in [2.05, 4.69) is 55.3 Å². The summed E-state index contributed by atoms with van der Waals surface area (Å²) in [4.78, 5) is 13.7. The van der Waals surface area contributed by atoms with E-state index in [1.807, 2.05) is 25.3 Å². The van der Waals surface area contributed by atoms with Gasteiger partial charge in [-0.3, -0.25) is 4.90 Å². The maximum Gasteiger partial charge on any atom is 0.261 e. The third kappa shape index (κ3) is 3.53. The molecule has 0 N–H and O–H groups in total. The summed E-state index contributed by atoms with van der Waals surface area (Å²) >= 11 is 0. The highest BCUT2D eigenvalue weighted by atomic mass is 16.5. The van der Waals surface area contributed by atoms with Crippen LogP contribution in [-0.2, 0) is 6.54 Å². The summed E-state index contributed by atoms with van der Waals surface area (Å²) in [5.74, 6) is 2.09. The lowest BCUT2D eigenvalue weighted by Crippen LogP contribution is -2.46. The minimum absolute atomic E-state index is 0.535. The van der Waals surface area contributed by atoms with E-state index < -0.39 is 0 Å². The zero-order valence-electron chi connectivity index (χ0n) is 14.3. The van der Waals surface area contributed by atoms with Gasteiger partial charge in [0.1, 0.15) is 5.82 Å². The van der Waals surface area contributed by atoms with Crippen molar-refractivity contribution in [3.63, 3.8) is 0 Å². The molecule has 4 rings (SSSR count). The van der Waals surface area contributed by atoms with Gasteiger partial charge in [0.25, 0.3) is 5.89 Å². The van der Waals surface area contributed by atoms with Crippen LogP contribution in [0.25, 0.3) is 11.5 Å². The molecule has 1 aliphatic rings. The Morgan fingerprint density at radius 3 is 2.52 bits per heavy atom. The van der Waals surface area contributed by atoms with Crippen molar-refractivity contribution in [1.29, 1.82) is 0 Å². The second-order valence-electron chi connectivity index (χ2n) is 6.27. The lowest BCUT2D eigenvalue weighted by molar-refractivity contribution is 0.249. The summed E-state index contributed by atoms with van der Waals surface area (Å²) in [7, 11) is 0. The third-order valence-corrected chi connectivity index (χ3v) is 4.47. The Morgan fingerprint density at radius 1 is 1.00 bits per heavy atom. The Balaban J connectivity index is 1.46. The van der Waals surface area contributed by atoms with Gasteiger partial charge in [-0.05, 0) is 24.6 Å². The topological polar surface area (TPSA) is 58.3 Å². The molecule has 6 heteroatoms. The highest BCUT2D eigenvalue weighted by Gasteiger charge is 2.22. The van der Waals surface area contributed by atoms with Gasteiger partial charge in [-0.2, -0.15) is 4.98 Å². The molecule has 3 aromatic rings. The lowest BCUT2D eigenvalue weighted by atomic mass is 10.2. The maximum atomic E-state index is 5.34. The van der Waals surface area contributed by atoms with Gasteiger partial charge in [-0.25, -0.2) is 4.98 Å². The summed E-state index contributed by atoms with van der Waals surface area (Å²) in [6, 6.07) is 14.5. The molecule has 1 aliphatic heterocycles. The molecule has 3 heterocycles. The molecule has 1 saturated heterocycles. The quantitative estimate of drug-likeness (QED) is 0.731. The van der Waals surface area contributed by atoms with Gasteiger partial charge < -0.3 is 9.42 Å². The average molecular weight is 335 g/mol. The molecule has 0 radical (unpaired) electrons. The van der Waals surface area contributed by atoms with E-state index in [0.717, 1.165) is 44.1 Å². The Labute approximate surface area is 147 Å². The van der Waals surface area contributed by atoms with Gasteiger partial charge in [0, 0.05) is 38.9 Å². The van der Waals surface area contributed by atoms with Crippen molar-refractivity contribution >= 4 is 5.82 Å². The van der Waals surface area contributed by atoms with Gasteiger partial charge in [0.05, 0.1) is 5.56 Å². The molecule has 0 atom stereocenters. The number of aryl methyl sites for hydroxylation is 1. The van der Waals surface area contributed by atoms with Crippen LogP contribution in [0, 0.1) is 6.92 Å². The molecule has 1 fully saturated rings. The first kappa shape index (κ1) is 15.8. The second-order valence-corrected chi connectivity index (χ2v) is 6.27. The second kappa shape index (κ2) is 7.03. The van der Waals surface area contributed by atoms with E-state index >= 15 is 0 Å². The van der Waals surface area contributed by atoms with Crippen molar-refractivity contribution < 1.29 is 4.52 Å². The van der Waals surface area contributed by atoms with Crippen molar-refractivity contribution in [3.8, 4) is 11.5 Å². The smallest absolute Gasteiger partial charge is 0.261 e. The van der Waals surface area contributed by atoms with Crippen molar-refractivity contribution in [2.45, 2.75) is 13.5 Å². The molecular weight excluding hydrogens is 314 g/mol. The van der Waals surface area contributed by atoms with Gasteiger partial charge in [-0.15, -0.1) is 0 Å². The summed E-state index contributed by atoms with van der Waals surface area (Å²) in [5, 5.41) is 3.90. The zero-order chi connectivity index (χ0) is 17.1. The van der Waals surface area contributed by atoms with Gasteiger partial charge in [-0.1, -0.05) is 35.5 Å². The van der Waals surface area contributed by atoms with E-state index in [0.29, 0.717) is 11.7 Å². The van der Waals surface area contributed by atoms with Crippen molar-refractivity contribution in [2.24, 2.45) is 0 Å². The monoisotopic (exact) mass is 335 g/mol. The Hall–Kier alpha value is -2.73. The molecule has 1 aromatic carbocycles. The van der Waals surface area contributed by atoms with Crippen LogP contribution < -0.4 is 4.90 Å². The largest absolute Gasteiger partial charge is 0.353 e. The first-order chi connectivity index (χ1) is 12.3. The summed E-state index contributed by atoms with van der Waals surface area (Å²) in [5.41, 5.74) is 2.26. The van der Waals surface area contributed by atoms with E-state index in [-0.39, 0.29) is 0 Å². The normalized spacial score (nSPS) is 15.5. The van der Waals surface area contributed by atoms with Gasteiger partial charge >= 0.3 is 0 Å². The van der Waals surface area contributed by atoms with Crippen molar-refractivity contribution in [2.75, 3.05) is 31.1 Å². The number of hydrogen-bond acceptors (Lipinski definition) is 6. The lowest BCUT2D eigenvalue weighted by Gasteiger charge is -2.35. The number of nitrogens with zero attached hydrogens (tertiary/aromatic N) is 5. The molecule has 0 aliphatic carbocycles. The van der Waals surface area contributed by atoms with Crippen molar-refractivity contribution in [3.05, 3.63) is 60.0 Å². The minimum Gasteiger partial charge on any atom is -0.353 e. The fourth-order valence-electron chi connectivity index (χ4n) is 3.18. The first-order valence-corrected chi connectivity index (χ1v) is 8.56. The van der Waals surface area contributed by atoms with Crippen LogP contribution >= 0.6 is 0 Å². The number of benzene rings is 1. The highest BCUT2D eigenvalue weighted by Crippen LogP contribution is 2.28. The van der Waals surface area contributed by atoms with Crippen LogP contribution in [0.2, 0.25) is 0 Å². The summed E-state index contributed by atoms with van der Waals surface area (Å²) < 4.78 is 5.34. The molecule has 0 bridgehead atoms. The predicted molar refractivity (Wildman–Crippen MR) is 96.2 cm³/mol. The molecular formula is C19H21N5O. The van der Waals surface area contributed by atoms with E-state index in [4.69, 9.17) is 4.52 Å². The predicted octanol–water partition coefficient (Wildman–Crippen LogP) is 2.76. The fraction of sp³-hybridized carbons (Fsp3) is 0.316. The van der Waals surface area contributed by atoms with Crippen molar-refractivity contribution in [1.82, 2.24) is 20.0 Å². The van der Waals surface area contributed by atoms with Crippen LogP contribution in [0.4, 0.5) is 5.82 Å². The average Bonchev–Trinajstić information content (AvgIpc) is 3.10. The standard InChI is InChI=1S/C19H21N5O/c1-15-21-19(25-22-15)17-8-5-9-20-18(17)24-12-10-23(11-13-24)14-16-6-3-2-4-7-16/h2-9H,10-14H2,1H3. The molecule has 0 amide bonds. The van der Waals surface area contributed by atoms with Gasteiger partial charge in [0.15, 0.2) is 5.82 Å². The van der Waals surface area contributed by atoms with E-state index in [9.17, 15) is 0 Å². The van der Waals surface area contributed by atoms with Crippen LogP contribution in [0.3, 0.4) is 0 Å². The number of piperazine rings is 1. The molecule has 6 nitrogen and oxygen atoms in total. The third-order valence-electron chi connectivity index (χ3n) is 4.47. The molecule has 2 aromatic heterocycles. The van der Waals surface area contributed by atoms with E-state index in [1.165, 1.54) is 5.56 Å². The summed E-state index contributed by atoms with van der Waals surface area (Å²) in [6.07, 6.45) is 1.82. The number of pyridine rings is 1. The highest BCUT2D eigenvalue weighted by molar-refractivity contribution is 5.69. The maximum absolute atomic E-state index is 5.34. The Bertz CT molecular complexity index is 825. The molecule has 0 spiro atoms. The van der Waals surface area contributed by atoms with Crippen LogP contribution in [0.15, 0.2) is 53.2 Å². The number of aromatic nitrogens is 3. The zero-order valence-corrected chi connectivity index (χ0v) is 14.3. The van der Waals surface area contributed by atoms with Crippen LogP contribution in [-0.4, -0.2) is 46.2 Å².